The van der Waals surface area contributed by atoms with Crippen LogP contribution >= 0.6 is 0 Å². The summed E-state index contributed by atoms with van der Waals surface area (Å²) >= 11 is 0. The Morgan fingerprint density at radius 1 is 1.13 bits per heavy atom. The number of hydrogen-bond acceptors (Lipinski definition) is 3. The second-order valence-electron chi connectivity index (χ2n) is 3.09. The predicted molar refractivity (Wildman–Crippen MR) is 56.6 cm³/mol. The van der Waals surface area contributed by atoms with Crippen molar-refractivity contribution < 1.29 is 9.59 Å². The lowest BCUT2D eigenvalue weighted by molar-refractivity contribution is -0.116. The highest BCUT2D eigenvalue weighted by molar-refractivity contribution is 6.00. The number of hydrogen-bond donors (Lipinski definition) is 2. The standard InChI is InChI=1S/C11H12N2O2/c12-10(11(13)15)7-9(14)6-8-4-2-1-3-5-8/h1-5,7H,6,12H2,(H2,13,15). The van der Waals surface area contributed by atoms with E-state index in [1.807, 2.05) is 30.3 Å². The van der Waals surface area contributed by atoms with Gasteiger partial charge in [0.25, 0.3) is 5.91 Å². The van der Waals surface area contributed by atoms with Gasteiger partial charge in [0, 0.05) is 12.5 Å². The maximum absolute atomic E-state index is 11.4. The van der Waals surface area contributed by atoms with Gasteiger partial charge in [-0.2, -0.15) is 0 Å². The Labute approximate surface area is 87.6 Å². The zero-order valence-electron chi connectivity index (χ0n) is 8.14. The van der Waals surface area contributed by atoms with Crippen LogP contribution in [0.25, 0.3) is 0 Å². The van der Waals surface area contributed by atoms with Crippen molar-refractivity contribution in [3.8, 4) is 0 Å². The summed E-state index contributed by atoms with van der Waals surface area (Å²) in [5.41, 5.74) is 10.8. The average Bonchev–Trinajstić information content (AvgIpc) is 2.18. The van der Waals surface area contributed by atoms with Crippen molar-refractivity contribution in [1.29, 1.82) is 0 Å². The summed E-state index contributed by atoms with van der Waals surface area (Å²) in [6.07, 6.45) is 1.28. The smallest absolute Gasteiger partial charge is 0.264 e. The van der Waals surface area contributed by atoms with Gasteiger partial charge in [-0.3, -0.25) is 9.59 Å². The van der Waals surface area contributed by atoms with Gasteiger partial charge < -0.3 is 11.5 Å². The Bertz CT molecular complexity index is 396. The third-order valence-corrected chi connectivity index (χ3v) is 1.82. The van der Waals surface area contributed by atoms with E-state index in [0.29, 0.717) is 0 Å². The molecule has 78 valence electrons. The first-order chi connectivity index (χ1) is 7.09. The van der Waals surface area contributed by atoms with Crippen LogP contribution in [0, 0.1) is 0 Å². The number of allylic oxidation sites excluding steroid dienone is 1. The molecule has 1 rings (SSSR count). The molecule has 0 atom stereocenters. The zero-order valence-corrected chi connectivity index (χ0v) is 8.14. The third-order valence-electron chi connectivity index (χ3n) is 1.82. The minimum Gasteiger partial charge on any atom is -0.394 e. The quantitative estimate of drug-likeness (QED) is 0.683. The normalized spacial score (nSPS) is 11.1. The number of carbonyl (C=O) groups is 2. The molecular formula is C11H12N2O2. The predicted octanol–water partition coefficient (Wildman–Crippen LogP) is 0.126. The van der Waals surface area contributed by atoms with Gasteiger partial charge in [0.2, 0.25) is 0 Å². The monoisotopic (exact) mass is 204 g/mol. The molecule has 4 N–H and O–H groups in total. The maximum Gasteiger partial charge on any atom is 0.264 e. The molecule has 4 heteroatoms. The molecule has 1 aromatic rings. The Balaban J connectivity index is 2.65. The number of primary amides is 1. The molecule has 0 bridgehead atoms. The lowest BCUT2D eigenvalue weighted by atomic mass is 10.1. The van der Waals surface area contributed by atoms with Gasteiger partial charge in [-0.1, -0.05) is 30.3 Å². The molecule has 15 heavy (non-hydrogen) atoms. The van der Waals surface area contributed by atoms with Gasteiger partial charge in [0.15, 0.2) is 5.78 Å². The van der Waals surface area contributed by atoms with Crippen LogP contribution in [0.5, 0.6) is 0 Å². The summed E-state index contributed by atoms with van der Waals surface area (Å²) in [4.78, 5) is 21.9. The maximum atomic E-state index is 11.4. The number of ketones is 1. The van der Waals surface area contributed by atoms with Crippen molar-refractivity contribution in [2.24, 2.45) is 11.5 Å². The topological polar surface area (TPSA) is 86.2 Å². The number of carbonyl (C=O) groups excluding carboxylic acids is 2. The molecule has 0 aliphatic rings. The number of rotatable bonds is 4. The SMILES string of the molecule is NC(=O)C(N)=CC(=O)Cc1ccccc1. The molecule has 0 unspecified atom stereocenters. The summed E-state index contributed by atoms with van der Waals surface area (Å²) in [5, 5.41) is 0. The van der Waals surface area contributed by atoms with Crippen LogP contribution in [0.1, 0.15) is 5.56 Å². The Morgan fingerprint density at radius 3 is 2.27 bits per heavy atom. The summed E-state index contributed by atoms with van der Waals surface area (Å²) in [6.45, 7) is 0. The first-order valence-corrected chi connectivity index (χ1v) is 4.43. The largest absolute Gasteiger partial charge is 0.394 e. The first kappa shape index (κ1) is 11.0. The average molecular weight is 204 g/mol. The lowest BCUT2D eigenvalue weighted by Crippen LogP contribution is -2.21. The van der Waals surface area contributed by atoms with Crippen molar-refractivity contribution in [1.82, 2.24) is 0 Å². The van der Waals surface area contributed by atoms with Crippen LogP contribution in [-0.4, -0.2) is 11.7 Å². The lowest BCUT2D eigenvalue weighted by Gasteiger charge is -1.97. The van der Waals surface area contributed by atoms with E-state index in [1.165, 1.54) is 0 Å². The second-order valence-corrected chi connectivity index (χ2v) is 3.09. The fourth-order valence-electron chi connectivity index (χ4n) is 1.09. The molecule has 0 spiro atoms. The first-order valence-electron chi connectivity index (χ1n) is 4.43. The highest BCUT2D eigenvalue weighted by Gasteiger charge is 2.04. The fourth-order valence-corrected chi connectivity index (χ4v) is 1.09. The van der Waals surface area contributed by atoms with Gasteiger partial charge in [0.05, 0.1) is 0 Å². The van der Waals surface area contributed by atoms with E-state index in [-0.39, 0.29) is 17.9 Å². The molecule has 0 saturated carbocycles. The number of amides is 1. The van der Waals surface area contributed by atoms with Crippen molar-refractivity contribution >= 4 is 11.7 Å². The van der Waals surface area contributed by atoms with Gasteiger partial charge in [-0.15, -0.1) is 0 Å². The minimum atomic E-state index is -0.781. The summed E-state index contributed by atoms with van der Waals surface area (Å²) in [6, 6.07) is 9.19. The number of nitrogens with two attached hydrogens (primary N) is 2. The van der Waals surface area contributed by atoms with Crippen molar-refractivity contribution in [2.75, 3.05) is 0 Å². The summed E-state index contributed by atoms with van der Waals surface area (Å²) in [7, 11) is 0. The molecule has 0 aliphatic carbocycles. The Kier molecular flexibility index (Phi) is 3.62. The Morgan fingerprint density at radius 2 is 1.73 bits per heavy atom. The molecule has 0 aliphatic heterocycles. The van der Waals surface area contributed by atoms with E-state index in [1.54, 1.807) is 0 Å². The van der Waals surface area contributed by atoms with Crippen LogP contribution < -0.4 is 11.5 Å². The van der Waals surface area contributed by atoms with Crippen LogP contribution in [0.2, 0.25) is 0 Å². The van der Waals surface area contributed by atoms with Gasteiger partial charge in [-0.25, -0.2) is 0 Å². The van der Waals surface area contributed by atoms with E-state index >= 15 is 0 Å². The molecule has 0 heterocycles. The minimum absolute atomic E-state index is 0.212. The molecule has 1 aromatic carbocycles. The van der Waals surface area contributed by atoms with E-state index in [4.69, 9.17) is 11.5 Å². The summed E-state index contributed by atoms with van der Waals surface area (Å²) < 4.78 is 0. The van der Waals surface area contributed by atoms with Gasteiger partial charge in [0.1, 0.15) is 5.70 Å². The molecule has 4 nitrogen and oxygen atoms in total. The molecule has 1 amide bonds. The molecule has 0 fully saturated rings. The van der Waals surface area contributed by atoms with Gasteiger partial charge in [-0.05, 0) is 5.56 Å². The third kappa shape index (κ3) is 3.64. The molecule has 0 radical (unpaired) electrons. The summed E-state index contributed by atoms with van der Waals surface area (Å²) in [5.74, 6) is -1.02. The fraction of sp³-hybridized carbons (Fsp3) is 0.0909. The number of benzene rings is 1. The van der Waals surface area contributed by atoms with Crippen molar-refractivity contribution in [2.45, 2.75) is 6.42 Å². The van der Waals surface area contributed by atoms with Crippen LogP contribution in [0.4, 0.5) is 0 Å². The highest BCUT2D eigenvalue weighted by Crippen LogP contribution is 2.01. The zero-order chi connectivity index (χ0) is 11.3. The van der Waals surface area contributed by atoms with Crippen molar-refractivity contribution in [3.63, 3.8) is 0 Å². The highest BCUT2D eigenvalue weighted by atomic mass is 16.1. The second kappa shape index (κ2) is 4.95. The van der Waals surface area contributed by atoms with E-state index in [9.17, 15) is 9.59 Å². The Hall–Kier alpha value is -2.10. The van der Waals surface area contributed by atoms with E-state index < -0.39 is 5.91 Å². The van der Waals surface area contributed by atoms with Gasteiger partial charge >= 0.3 is 0 Å². The van der Waals surface area contributed by atoms with E-state index in [0.717, 1.165) is 11.6 Å². The van der Waals surface area contributed by atoms with E-state index in [2.05, 4.69) is 0 Å². The van der Waals surface area contributed by atoms with Crippen LogP contribution in [0.3, 0.4) is 0 Å². The van der Waals surface area contributed by atoms with Crippen molar-refractivity contribution in [3.05, 3.63) is 47.7 Å². The molecule has 0 saturated heterocycles. The van der Waals surface area contributed by atoms with Crippen LogP contribution in [0.15, 0.2) is 42.1 Å². The van der Waals surface area contributed by atoms with Crippen LogP contribution in [-0.2, 0) is 16.0 Å². The molecule has 0 aromatic heterocycles. The molecular weight excluding hydrogens is 192 g/mol.